The normalized spacial score (nSPS) is 20.6. The van der Waals surface area contributed by atoms with Gasteiger partial charge < -0.3 is 10.2 Å². The van der Waals surface area contributed by atoms with Crippen LogP contribution in [-0.4, -0.2) is 19.5 Å². The molecule has 0 spiro atoms. The first-order valence-corrected chi connectivity index (χ1v) is 5.28. The second-order valence-corrected chi connectivity index (χ2v) is 4.28. The molecule has 1 aromatic rings. The summed E-state index contributed by atoms with van der Waals surface area (Å²) in [5, 5.41) is 3.89. The van der Waals surface area contributed by atoms with Crippen molar-refractivity contribution in [3.05, 3.63) is 23.2 Å². The number of hydrogen-bond donors (Lipinski definition) is 1. The predicted molar refractivity (Wildman–Crippen MR) is 62.5 cm³/mol. The fourth-order valence-corrected chi connectivity index (χ4v) is 1.90. The molecule has 0 saturated carbocycles. The van der Waals surface area contributed by atoms with Crippen LogP contribution in [0.1, 0.15) is 6.92 Å². The van der Waals surface area contributed by atoms with E-state index in [1.165, 1.54) is 0 Å². The summed E-state index contributed by atoms with van der Waals surface area (Å²) >= 11 is 5.91. The smallest absolute Gasteiger partial charge is 0.231 e. The topological polar surface area (TPSA) is 32.3 Å². The molecule has 0 bridgehead atoms. The lowest BCUT2D eigenvalue weighted by molar-refractivity contribution is -0.121. The molecule has 0 saturated heterocycles. The monoisotopic (exact) mass is 224 g/mol. The maximum Gasteiger partial charge on any atom is 0.231 e. The van der Waals surface area contributed by atoms with Gasteiger partial charge in [0, 0.05) is 18.6 Å². The molecule has 1 N–H and O–H groups in total. The van der Waals surface area contributed by atoms with Crippen LogP contribution in [-0.2, 0) is 4.79 Å². The summed E-state index contributed by atoms with van der Waals surface area (Å²) in [6.45, 7) is 2.58. The van der Waals surface area contributed by atoms with Crippen molar-refractivity contribution in [3.8, 4) is 0 Å². The highest BCUT2D eigenvalue weighted by atomic mass is 35.5. The van der Waals surface area contributed by atoms with E-state index in [1.54, 1.807) is 18.0 Å². The molecule has 80 valence electrons. The number of halogens is 1. The molecule has 1 amide bonds. The molecule has 1 atom stereocenters. The van der Waals surface area contributed by atoms with Gasteiger partial charge in [-0.3, -0.25) is 4.79 Å². The Balaban J connectivity index is 2.48. The van der Waals surface area contributed by atoms with Crippen LogP contribution in [0.4, 0.5) is 11.4 Å². The van der Waals surface area contributed by atoms with E-state index in [2.05, 4.69) is 5.32 Å². The number of carbonyl (C=O) groups is 1. The van der Waals surface area contributed by atoms with Crippen LogP contribution in [0.25, 0.3) is 0 Å². The number of nitrogens with one attached hydrogen (secondary N) is 1. The van der Waals surface area contributed by atoms with Crippen molar-refractivity contribution in [2.24, 2.45) is 5.92 Å². The number of hydrogen-bond acceptors (Lipinski definition) is 2. The van der Waals surface area contributed by atoms with Gasteiger partial charge in [-0.15, -0.1) is 0 Å². The average molecular weight is 225 g/mol. The molecule has 3 nitrogen and oxygen atoms in total. The number of rotatable bonds is 0. The van der Waals surface area contributed by atoms with Crippen LogP contribution in [0.3, 0.4) is 0 Å². The number of benzene rings is 1. The van der Waals surface area contributed by atoms with E-state index in [9.17, 15) is 4.79 Å². The van der Waals surface area contributed by atoms with Crippen molar-refractivity contribution in [2.75, 3.05) is 23.8 Å². The highest BCUT2D eigenvalue weighted by molar-refractivity contribution is 6.31. The summed E-state index contributed by atoms with van der Waals surface area (Å²) in [5.74, 6) is 0.102. The van der Waals surface area contributed by atoms with Gasteiger partial charge in [-0.2, -0.15) is 0 Å². The highest BCUT2D eigenvalue weighted by Crippen LogP contribution is 2.31. The van der Waals surface area contributed by atoms with Gasteiger partial charge in [-0.1, -0.05) is 18.5 Å². The van der Waals surface area contributed by atoms with Crippen LogP contribution in [0.15, 0.2) is 18.2 Å². The average Bonchev–Trinajstić information content (AvgIpc) is 2.32. The van der Waals surface area contributed by atoms with E-state index in [-0.39, 0.29) is 11.8 Å². The molecule has 1 heterocycles. The van der Waals surface area contributed by atoms with Crippen molar-refractivity contribution in [2.45, 2.75) is 6.92 Å². The Morgan fingerprint density at radius 1 is 1.53 bits per heavy atom. The van der Waals surface area contributed by atoms with Gasteiger partial charge in [-0.05, 0) is 18.2 Å². The third kappa shape index (κ3) is 1.79. The Bertz CT molecular complexity index is 406. The van der Waals surface area contributed by atoms with Gasteiger partial charge >= 0.3 is 0 Å². The second-order valence-electron chi connectivity index (χ2n) is 3.84. The fourth-order valence-electron chi connectivity index (χ4n) is 1.73. The maximum atomic E-state index is 11.9. The molecule has 1 aromatic carbocycles. The van der Waals surface area contributed by atoms with Crippen molar-refractivity contribution < 1.29 is 4.79 Å². The van der Waals surface area contributed by atoms with Gasteiger partial charge in [0.05, 0.1) is 17.3 Å². The van der Waals surface area contributed by atoms with E-state index in [4.69, 9.17) is 11.6 Å². The van der Waals surface area contributed by atoms with Gasteiger partial charge in [0.15, 0.2) is 0 Å². The van der Waals surface area contributed by atoms with E-state index < -0.39 is 0 Å². The summed E-state index contributed by atoms with van der Waals surface area (Å²) in [6, 6.07) is 5.53. The lowest BCUT2D eigenvalue weighted by Crippen LogP contribution is -2.31. The standard InChI is InChI=1S/C11H13ClN2O/c1-7-6-13-9-4-3-8(12)5-10(9)14(2)11(7)15/h3-5,7,13H,6H2,1-2H3. The molecule has 1 unspecified atom stereocenters. The van der Waals surface area contributed by atoms with E-state index in [0.29, 0.717) is 11.6 Å². The van der Waals surface area contributed by atoms with E-state index in [0.717, 1.165) is 11.4 Å². The Labute approximate surface area is 94.0 Å². The molecule has 0 fully saturated rings. The van der Waals surface area contributed by atoms with E-state index >= 15 is 0 Å². The zero-order valence-corrected chi connectivity index (χ0v) is 9.51. The minimum absolute atomic E-state index is 0.0128. The maximum absolute atomic E-state index is 11.9. The van der Waals surface area contributed by atoms with Crippen molar-refractivity contribution in [1.82, 2.24) is 0 Å². The first-order chi connectivity index (χ1) is 7.09. The molecule has 4 heteroatoms. The van der Waals surface area contributed by atoms with E-state index in [1.807, 2.05) is 19.1 Å². The number of fused-ring (bicyclic) bond motifs is 1. The number of anilines is 2. The number of carbonyl (C=O) groups excluding carboxylic acids is 1. The molecule has 1 aliphatic heterocycles. The minimum Gasteiger partial charge on any atom is -0.383 e. The minimum atomic E-state index is -0.0128. The lowest BCUT2D eigenvalue weighted by atomic mass is 10.1. The van der Waals surface area contributed by atoms with Gasteiger partial charge in [0.1, 0.15) is 0 Å². The third-order valence-corrected chi connectivity index (χ3v) is 2.91. The Morgan fingerprint density at radius 2 is 2.27 bits per heavy atom. The summed E-state index contributed by atoms with van der Waals surface area (Å²) in [6.07, 6.45) is 0. The largest absolute Gasteiger partial charge is 0.383 e. The van der Waals surface area contributed by atoms with Crippen LogP contribution in [0.2, 0.25) is 5.02 Å². The summed E-state index contributed by atoms with van der Waals surface area (Å²) in [4.78, 5) is 13.5. The molecule has 2 rings (SSSR count). The van der Waals surface area contributed by atoms with Crippen molar-refractivity contribution >= 4 is 28.9 Å². The zero-order valence-electron chi connectivity index (χ0n) is 8.75. The van der Waals surface area contributed by atoms with Gasteiger partial charge in [0.2, 0.25) is 5.91 Å². The first kappa shape index (κ1) is 10.3. The first-order valence-electron chi connectivity index (χ1n) is 4.90. The van der Waals surface area contributed by atoms with Crippen molar-refractivity contribution in [3.63, 3.8) is 0 Å². The van der Waals surface area contributed by atoms with Crippen LogP contribution in [0, 0.1) is 5.92 Å². The van der Waals surface area contributed by atoms with Gasteiger partial charge in [-0.25, -0.2) is 0 Å². The quantitative estimate of drug-likeness (QED) is 0.734. The van der Waals surface area contributed by atoms with Crippen LogP contribution < -0.4 is 10.2 Å². The summed E-state index contributed by atoms with van der Waals surface area (Å²) in [5.41, 5.74) is 1.80. The Morgan fingerprint density at radius 3 is 3.00 bits per heavy atom. The molecule has 15 heavy (non-hydrogen) atoms. The van der Waals surface area contributed by atoms with Crippen LogP contribution in [0.5, 0.6) is 0 Å². The fraction of sp³-hybridized carbons (Fsp3) is 0.364. The Hall–Kier alpha value is -1.22. The lowest BCUT2D eigenvalue weighted by Gasteiger charge is -2.18. The molecular formula is C11H13ClN2O. The summed E-state index contributed by atoms with van der Waals surface area (Å²) < 4.78 is 0. The van der Waals surface area contributed by atoms with Crippen molar-refractivity contribution in [1.29, 1.82) is 0 Å². The zero-order chi connectivity index (χ0) is 11.0. The Kier molecular flexibility index (Phi) is 2.57. The summed E-state index contributed by atoms with van der Waals surface area (Å²) in [7, 11) is 1.78. The number of nitrogens with zero attached hydrogens (tertiary/aromatic N) is 1. The van der Waals surface area contributed by atoms with Gasteiger partial charge in [0.25, 0.3) is 0 Å². The molecule has 0 radical (unpaired) electrons. The predicted octanol–water partition coefficient (Wildman–Crippen LogP) is 2.36. The second kappa shape index (κ2) is 3.74. The third-order valence-electron chi connectivity index (χ3n) is 2.67. The highest BCUT2D eigenvalue weighted by Gasteiger charge is 2.24. The number of amides is 1. The molecule has 0 aromatic heterocycles. The molecular weight excluding hydrogens is 212 g/mol. The molecule has 1 aliphatic rings. The SMILES string of the molecule is CC1CNc2ccc(Cl)cc2N(C)C1=O. The molecule has 0 aliphatic carbocycles. The van der Waals surface area contributed by atoms with Crippen LogP contribution >= 0.6 is 11.6 Å².